The summed E-state index contributed by atoms with van der Waals surface area (Å²) in [6.45, 7) is 3.90. The van der Waals surface area contributed by atoms with Crippen molar-refractivity contribution in [2.75, 3.05) is 0 Å². The van der Waals surface area contributed by atoms with Gasteiger partial charge >= 0.3 is 0 Å². The first kappa shape index (κ1) is 13.6. The van der Waals surface area contributed by atoms with Crippen LogP contribution in [0.25, 0.3) is 0 Å². The van der Waals surface area contributed by atoms with Crippen LogP contribution in [0.4, 0.5) is 0 Å². The first-order chi connectivity index (χ1) is 9.00. The van der Waals surface area contributed by atoms with Crippen molar-refractivity contribution in [3.05, 3.63) is 64.9 Å². The van der Waals surface area contributed by atoms with Crippen LogP contribution in [0.15, 0.2) is 48.7 Å². The van der Waals surface area contributed by atoms with Crippen LogP contribution < -0.4 is 5.32 Å². The maximum atomic E-state index is 12.2. The topological polar surface area (TPSA) is 42.0 Å². The highest BCUT2D eigenvalue weighted by atomic mass is 35.5. The minimum Gasteiger partial charge on any atom is -0.343 e. The Kier molecular flexibility index (Phi) is 3.86. The maximum Gasteiger partial charge on any atom is 0.255 e. The Morgan fingerprint density at radius 2 is 1.84 bits per heavy atom. The number of pyridine rings is 1. The number of carbonyl (C=O) groups is 1. The standard InChI is InChI=1S/C15H15ClN2O/c1-15(2,11-7-4-3-5-8-11)18-14(19)12-9-6-10-17-13(12)16/h3-10H,1-2H3,(H,18,19). The first-order valence-corrected chi connectivity index (χ1v) is 6.37. The van der Waals surface area contributed by atoms with Crippen LogP contribution in [-0.4, -0.2) is 10.9 Å². The van der Waals surface area contributed by atoms with Crippen LogP contribution in [0.3, 0.4) is 0 Å². The number of halogens is 1. The molecule has 1 amide bonds. The molecule has 0 bridgehead atoms. The molecule has 1 N–H and O–H groups in total. The molecular weight excluding hydrogens is 260 g/mol. The Balaban J connectivity index is 2.22. The normalized spacial score (nSPS) is 11.1. The van der Waals surface area contributed by atoms with Gasteiger partial charge in [0.2, 0.25) is 0 Å². The highest BCUT2D eigenvalue weighted by Gasteiger charge is 2.24. The van der Waals surface area contributed by atoms with Crippen LogP contribution in [0.5, 0.6) is 0 Å². The molecule has 3 nitrogen and oxygen atoms in total. The van der Waals surface area contributed by atoms with Crippen molar-refractivity contribution in [3.8, 4) is 0 Å². The van der Waals surface area contributed by atoms with Gasteiger partial charge in [0.15, 0.2) is 0 Å². The minimum absolute atomic E-state index is 0.212. The zero-order valence-electron chi connectivity index (χ0n) is 10.9. The monoisotopic (exact) mass is 274 g/mol. The van der Waals surface area contributed by atoms with Gasteiger partial charge in [-0.2, -0.15) is 0 Å². The Hall–Kier alpha value is -1.87. The van der Waals surface area contributed by atoms with E-state index in [-0.39, 0.29) is 11.1 Å². The average molecular weight is 275 g/mol. The molecule has 0 aliphatic carbocycles. The number of hydrogen-bond acceptors (Lipinski definition) is 2. The van der Waals surface area contributed by atoms with Crippen LogP contribution in [0.2, 0.25) is 5.15 Å². The second-order valence-corrected chi connectivity index (χ2v) is 5.14. The fourth-order valence-corrected chi connectivity index (χ4v) is 2.04. The molecule has 1 heterocycles. The van der Waals surface area contributed by atoms with Crippen molar-refractivity contribution in [1.82, 2.24) is 10.3 Å². The van der Waals surface area contributed by atoms with Gasteiger partial charge in [0.05, 0.1) is 11.1 Å². The fraction of sp³-hybridized carbons (Fsp3) is 0.200. The van der Waals surface area contributed by atoms with E-state index >= 15 is 0 Å². The molecule has 19 heavy (non-hydrogen) atoms. The second-order valence-electron chi connectivity index (χ2n) is 4.79. The van der Waals surface area contributed by atoms with Gasteiger partial charge in [-0.3, -0.25) is 4.79 Å². The van der Waals surface area contributed by atoms with E-state index < -0.39 is 5.54 Å². The molecular formula is C15H15ClN2O. The lowest BCUT2D eigenvalue weighted by Gasteiger charge is -2.27. The van der Waals surface area contributed by atoms with Gasteiger partial charge in [0.1, 0.15) is 5.15 Å². The molecule has 1 aromatic heterocycles. The van der Waals surface area contributed by atoms with Gasteiger partial charge in [-0.15, -0.1) is 0 Å². The van der Waals surface area contributed by atoms with Crippen molar-refractivity contribution < 1.29 is 4.79 Å². The lowest BCUT2D eigenvalue weighted by molar-refractivity contribution is 0.0912. The second kappa shape index (κ2) is 5.41. The number of hydrogen-bond donors (Lipinski definition) is 1. The summed E-state index contributed by atoms with van der Waals surface area (Å²) in [7, 11) is 0. The summed E-state index contributed by atoms with van der Waals surface area (Å²) in [5, 5.41) is 3.18. The molecule has 0 aliphatic rings. The Morgan fingerprint density at radius 1 is 1.16 bits per heavy atom. The van der Waals surface area contributed by atoms with E-state index in [1.807, 2.05) is 44.2 Å². The summed E-state index contributed by atoms with van der Waals surface area (Å²) in [6, 6.07) is 13.1. The quantitative estimate of drug-likeness (QED) is 0.872. The van der Waals surface area contributed by atoms with E-state index in [9.17, 15) is 4.79 Å². The molecule has 0 aliphatic heterocycles. The zero-order chi connectivity index (χ0) is 13.9. The smallest absolute Gasteiger partial charge is 0.255 e. The van der Waals surface area contributed by atoms with E-state index in [2.05, 4.69) is 10.3 Å². The molecule has 4 heteroatoms. The zero-order valence-corrected chi connectivity index (χ0v) is 11.6. The predicted octanol–water partition coefficient (Wildman–Crippen LogP) is 3.40. The molecule has 1 aromatic carbocycles. The van der Waals surface area contributed by atoms with E-state index in [1.165, 1.54) is 0 Å². The third kappa shape index (κ3) is 3.12. The Labute approximate surface area is 117 Å². The highest BCUT2D eigenvalue weighted by Crippen LogP contribution is 2.21. The molecule has 98 valence electrons. The lowest BCUT2D eigenvalue weighted by Crippen LogP contribution is -2.41. The third-order valence-corrected chi connectivity index (χ3v) is 3.23. The van der Waals surface area contributed by atoms with Crippen LogP contribution in [0.1, 0.15) is 29.8 Å². The van der Waals surface area contributed by atoms with Crippen molar-refractivity contribution in [2.24, 2.45) is 0 Å². The van der Waals surface area contributed by atoms with Crippen LogP contribution >= 0.6 is 11.6 Å². The van der Waals surface area contributed by atoms with Gasteiger partial charge < -0.3 is 5.32 Å². The molecule has 2 rings (SSSR count). The van der Waals surface area contributed by atoms with Gasteiger partial charge in [0.25, 0.3) is 5.91 Å². The van der Waals surface area contributed by atoms with Gasteiger partial charge in [0, 0.05) is 6.20 Å². The Morgan fingerprint density at radius 3 is 2.47 bits per heavy atom. The summed E-state index contributed by atoms with van der Waals surface area (Å²) in [5.41, 5.74) is 0.939. The summed E-state index contributed by atoms with van der Waals surface area (Å²) in [5.74, 6) is -0.230. The average Bonchev–Trinajstić information content (AvgIpc) is 2.39. The molecule has 0 unspecified atom stereocenters. The highest BCUT2D eigenvalue weighted by molar-refractivity contribution is 6.32. The van der Waals surface area contributed by atoms with Crippen LogP contribution in [-0.2, 0) is 5.54 Å². The summed E-state index contributed by atoms with van der Waals surface area (Å²) >= 11 is 5.92. The largest absolute Gasteiger partial charge is 0.343 e. The van der Waals surface area contributed by atoms with Crippen molar-refractivity contribution >= 4 is 17.5 Å². The molecule has 2 aromatic rings. The number of aromatic nitrogens is 1. The number of benzene rings is 1. The van der Waals surface area contributed by atoms with Crippen molar-refractivity contribution in [1.29, 1.82) is 0 Å². The predicted molar refractivity (Wildman–Crippen MR) is 76.2 cm³/mol. The van der Waals surface area contributed by atoms with Crippen molar-refractivity contribution in [2.45, 2.75) is 19.4 Å². The van der Waals surface area contributed by atoms with E-state index in [0.717, 1.165) is 5.56 Å². The molecule has 0 spiro atoms. The van der Waals surface area contributed by atoms with E-state index in [1.54, 1.807) is 18.3 Å². The minimum atomic E-state index is -0.475. The van der Waals surface area contributed by atoms with Crippen LogP contribution in [0, 0.1) is 0 Å². The number of nitrogens with zero attached hydrogens (tertiary/aromatic N) is 1. The summed E-state index contributed by atoms with van der Waals surface area (Å²) < 4.78 is 0. The molecule has 0 radical (unpaired) electrons. The summed E-state index contributed by atoms with van der Waals surface area (Å²) in [6.07, 6.45) is 1.56. The molecule has 0 fully saturated rings. The van der Waals surface area contributed by atoms with Gasteiger partial charge in [-0.25, -0.2) is 4.98 Å². The molecule has 0 saturated heterocycles. The number of amides is 1. The maximum absolute atomic E-state index is 12.2. The third-order valence-electron chi connectivity index (χ3n) is 2.93. The Bertz CT molecular complexity index is 582. The van der Waals surface area contributed by atoms with Gasteiger partial charge in [-0.1, -0.05) is 41.9 Å². The SMILES string of the molecule is CC(C)(NC(=O)c1cccnc1Cl)c1ccccc1. The summed E-state index contributed by atoms with van der Waals surface area (Å²) in [4.78, 5) is 16.1. The van der Waals surface area contributed by atoms with E-state index in [4.69, 9.17) is 11.6 Å². The molecule has 0 atom stereocenters. The van der Waals surface area contributed by atoms with Gasteiger partial charge in [-0.05, 0) is 31.5 Å². The molecule has 0 saturated carbocycles. The number of rotatable bonds is 3. The number of carbonyl (C=O) groups excluding carboxylic acids is 1. The first-order valence-electron chi connectivity index (χ1n) is 5.99. The number of nitrogens with one attached hydrogen (secondary N) is 1. The van der Waals surface area contributed by atoms with E-state index in [0.29, 0.717) is 5.56 Å². The fourth-order valence-electron chi connectivity index (χ4n) is 1.83. The lowest BCUT2D eigenvalue weighted by atomic mass is 9.94. The van der Waals surface area contributed by atoms with Crippen molar-refractivity contribution in [3.63, 3.8) is 0 Å².